The van der Waals surface area contributed by atoms with Crippen LogP contribution in [0.25, 0.3) is 5.76 Å². The molecule has 0 spiro atoms. The van der Waals surface area contributed by atoms with Gasteiger partial charge in [-0.2, -0.15) is 0 Å². The second-order valence-corrected chi connectivity index (χ2v) is 8.55. The van der Waals surface area contributed by atoms with Crippen molar-refractivity contribution in [1.29, 1.82) is 0 Å². The average molecular weight is 500 g/mol. The number of aliphatic hydroxyl groups excluding tert-OH is 1. The van der Waals surface area contributed by atoms with Gasteiger partial charge in [-0.1, -0.05) is 54.4 Å². The van der Waals surface area contributed by atoms with Crippen molar-refractivity contribution in [2.75, 3.05) is 12.0 Å². The SMILES string of the molecule is CCc1ccc(N2C(=O)C(=O)/C(=C(/O)c3cc(Cl)cc(Cl)c3OC)C2c2ccc(F)cc2)cc1. The Bertz CT molecular complexity index is 1300. The number of Topliss-reactive ketones (excluding diaryl/α,β-unsaturated/α-hetero) is 1. The van der Waals surface area contributed by atoms with E-state index in [2.05, 4.69) is 0 Å². The van der Waals surface area contributed by atoms with E-state index in [1.54, 1.807) is 12.1 Å². The van der Waals surface area contributed by atoms with Gasteiger partial charge in [0.2, 0.25) is 0 Å². The Labute approximate surface area is 206 Å². The van der Waals surface area contributed by atoms with Crippen LogP contribution in [0.4, 0.5) is 10.1 Å². The number of halogens is 3. The average Bonchev–Trinajstić information content (AvgIpc) is 3.09. The van der Waals surface area contributed by atoms with Crippen LogP contribution in [0.15, 0.2) is 66.2 Å². The molecular formula is C26H20Cl2FNO4. The van der Waals surface area contributed by atoms with Gasteiger partial charge in [-0.3, -0.25) is 14.5 Å². The molecule has 0 radical (unpaired) electrons. The monoisotopic (exact) mass is 499 g/mol. The van der Waals surface area contributed by atoms with E-state index < -0.39 is 29.3 Å². The molecule has 8 heteroatoms. The second-order valence-electron chi connectivity index (χ2n) is 7.71. The van der Waals surface area contributed by atoms with Gasteiger partial charge in [-0.05, 0) is 53.9 Å². The first-order valence-electron chi connectivity index (χ1n) is 10.5. The van der Waals surface area contributed by atoms with Crippen molar-refractivity contribution in [1.82, 2.24) is 0 Å². The highest BCUT2D eigenvalue weighted by Gasteiger charge is 2.47. The number of methoxy groups -OCH3 is 1. The van der Waals surface area contributed by atoms with E-state index in [9.17, 15) is 19.1 Å². The van der Waals surface area contributed by atoms with Crippen LogP contribution in [0.3, 0.4) is 0 Å². The minimum absolute atomic E-state index is 0.0615. The van der Waals surface area contributed by atoms with Crippen LogP contribution in [0.5, 0.6) is 5.75 Å². The van der Waals surface area contributed by atoms with Crippen LogP contribution in [-0.2, 0) is 16.0 Å². The number of ketones is 1. The highest BCUT2D eigenvalue weighted by atomic mass is 35.5. The van der Waals surface area contributed by atoms with Gasteiger partial charge in [0, 0.05) is 10.7 Å². The predicted octanol–water partition coefficient (Wildman–Crippen LogP) is 6.33. The lowest BCUT2D eigenvalue weighted by molar-refractivity contribution is -0.132. The van der Waals surface area contributed by atoms with Gasteiger partial charge in [0.05, 0.1) is 29.3 Å². The van der Waals surface area contributed by atoms with E-state index in [0.717, 1.165) is 12.0 Å². The third-order valence-electron chi connectivity index (χ3n) is 5.72. The number of ether oxygens (including phenoxy) is 1. The second kappa shape index (κ2) is 9.49. The quantitative estimate of drug-likeness (QED) is 0.253. The zero-order chi connectivity index (χ0) is 24.6. The highest BCUT2D eigenvalue weighted by Crippen LogP contribution is 2.45. The first kappa shape index (κ1) is 23.8. The number of aliphatic hydroxyl groups is 1. The lowest BCUT2D eigenvalue weighted by Gasteiger charge is -2.26. The largest absolute Gasteiger partial charge is 0.507 e. The van der Waals surface area contributed by atoms with Crippen molar-refractivity contribution in [3.63, 3.8) is 0 Å². The molecule has 5 nitrogen and oxygen atoms in total. The summed E-state index contributed by atoms with van der Waals surface area (Å²) in [5.41, 5.74) is 1.83. The minimum Gasteiger partial charge on any atom is -0.507 e. The van der Waals surface area contributed by atoms with E-state index in [4.69, 9.17) is 27.9 Å². The number of carbonyl (C=O) groups is 2. The summed E-state index contributed by atoms with van der Waals surface area (Å²) < 4.78 is 19.0. The third kappa shape index (κ3) is 4.15. The molecule has 0 aliphatic carbocycles. The van der Waals surface area contributed by atoms with Gasteiger partial charge >= 0.3 is 0 Å². The van der Waals surface area contributed by atoms with Gasteiger partial charge < -0.3 is 9.84 Å². The molecule has 1 atom stereocenters. The number of benzene rings is 3. The first-order chi connectivity index (χ1) is 16.3. The van der Waals surface area contributed by atoms with Crippen molar-refractivity contribution in [2.24, 2.45) is 0 Å². The molecule has 1 amide bonds. The fourth-order valence-corrected chi connectivity index (χ4v) is 4.61. The molecule has 3 aromatic carbocycles. The van der Waals surface area contributed by atoms with Gasteiger partial charge in [-0.25, -0.2) is 4.39 Å². The minimum atomic E-state index is -1.02. The summed E-state index contributed by atoms with van der Waals surface area (Å²) in [6, 6.07) is 14.4. The number of amides is 1. The molecule has 0 saturated carbocycles. The van der Waals surface area contributed by atoms with Crippen molar-refractivity contribution >= 4 is 46.3 Å². The Hall–Kier alpha value is -3.35. The lowest BCUT2D eigenvalue weighted by Crippen LogP contribution is -2.29. The van der Waals surface area contributed by atoms with Crippen LogP contribution >= 0.6 is 23.2 Å². The number of carbonyl (C=O) groups excluding carboxylic acids is 2. The number of hydrogen-bond acceptors (Lipinski definition) is 4. The molecular weight excluding hydrogens is 480 g/mol. The summed E-state index contributed by atoms with van der Waals surface area (Å²) in [6.45, 7) is 2.00. The van der Waals surface area contributed by atoms with E-state index in [-0.39, 0.29) is 26.9 Å². The van der Waals surface area contributed by atoms with Crippen molar-refractivity contribution in [2.45, 2.75) is 19.4 Å². The summed E-state index contributed by atoms with van der Waals surface area (Å²) in [6.07, 6.45) is 0.801. The summed E-state index contributed by atoms with van der Waals surface area (Å²) in [5.74, 6) is -2.60. The molecule has 3 aromatic rings. The first-order valence-corrected chi connectivity index (χ1v) is 11.2. The summed E-state index contributed by atoms with van der Waals surface area (Å²) in [5, 5.41) is 11.6. The molecule has 1 aliphatic heterocycles. The van der Waals surface area contributed by atoms with Gasteiger partial charge in [0.1, 0.15) is 17.3 Å². The Balaban J connectivity index is 1.98. The fraction of sp³-hybridized carbons (Fsp3) is 0.154. The van der Waals surface area contributed by atoms with Crippen LogP contribution < -0.4 is 9.64 Å². The van der Waals surface area contributed by atoms with E-state index in [1.807, 2.05) is 19.1 Å². The molecule has 1 unspecified atom stereocenters. The van der Waals surface area contributed by atoms with Crippen molar-refractivity contribution in [3.05, 3.63) is 98.8 Å². The Kier molecular flexibility index (Phi) is 6.64. The normalized spacial score (nSPS) is 17.3. The van der Waals surface area contributed by atoms with Crippen LogP contribution in [-0.4, -0.2) is 23.9 Å². The van der Waals surface area contributed by atoms with Crippen LogP contribution in [0.1, 0.15) is 29.7 Å². The van der Waals surface area contributed by atoms with Gasteiger partial charge in [0.25, 0.3) is 11.7 Å². The standard InChI is InChI=1S/C26H20Cl2FNO4/c1-3-14-4-10-18(11-5-14)30-22(15-6-8-17(29)9-7-15)21(24(32)26(30)33)23(31)19-12-16(27)13-20(28)25(19)34-2/h4-13,22,31H,3H2,1-2H3/b23-21+. The molecule has 1 heterocycles. The predicted molar refractivity (Wildman–Crippen MR) is 130 cm³/mol. The molecule has 1 N–H and O–H groups in total. The van der Waals surface area contributed by atoms with E-state index in [1.165, 1.54) is 48.4 Å². The molecule has 0 bridgehead atoms. The Morgan fingerprint density at radius 2 is 1.71 bits per heavy atom. The number of anilines is 1. The Morgan fingerprint density at radius 1 is 1.06 bits per heavy atom. The summed E-state index contributed by atoms with van der Waals surface area (Å²) >= 11 is 12.4. The van der Waals surface area contributed by atoms with Gasteiger partial charge in [-0.15, -0.1) is 0 Å². The number of hydrogen-bond donors (Lipinski definition) is 1. The molecule has 4 rings (SSSR count). The van der Waals surface area contributed by atoms with E-state index >= 15 is 0 Å². The smallest absolute Gasteiger partial charge is 0.300 e. The lowest BCUT2D eigenvalue weighted by atomic mass is 9.94. The Morgan fingerprint density at radius 3 is 2.29 bits per heavy atom. The van der Waals surface area contributed by atoms with Crippen molar-refractivity contribution in [3.8, 4) is 5.75 Å². The maximum atomic E-state index is 13.7. The topological polar surface area (TPSA) is 66.8 Å². The fourth-order valence-electron chi connectivity index (χ4n) is 4.04. The molecule has 0 aromatic heterocycles. The van der Waals surface area contributed by atoms with Crippen LogP contribution in [0, 0.1) is 5.82 Å². The summed E-state index contributed by atoms with van der Waals surface area (Å²) in [4.78, 5) is 27.8. The molecule has 34 heavy (non-hydrogen) atoms. The molecule has 1 fully saturated rings. The van der Waals surface area contributed by atoms with Gasteiger partial charge in [0.15, 0.2) is 0 Å². The zero-order valence-corrected chi connectivity index (χ0v) is 19.8. The molecule has 1 saturated heterocycles. The van der Waals surface area contributed by atoms with Crippen LogP contribution in [0.2, 0.25) is 10.0 Å². The maximum absolute atomic E-state index is 13.7. The number of nitrogens with zero attached hydrogens (tertiary/aromatic N) is 1. The number of rotatable bonds is 5. The number of aryl methyl sites for hydroxylation is 1. The van der Waals surface area contributed by atoms with E-state index in [0.29, 0.717) is 11.3 Å². The van der Waals surface area contributed by atoms with Crippen molar-refractivity contribution < 1.29 is 23.8 Å². The highest BCUT2D eigenvalue weighted by molar-refractivity contribution is 6.51. The third-order valence-corrected chi connectivity index (χ3v) is 6.22. The molecule has 174 valence electrons. The summed E-state index contributed by atoms with van der Waals surface area (Å²) in [7, 11) is 1.36. The molecule has 1 aliphatic rings. The maximum Gasteiger partial charge on any atom is 0.300 e. The zero-order valence-electron chi connectivity index (χ0n) is 18.3.